The van der Waals surface area contributed by atoms with Crippen LogP contribution >= 0.6 is 11.5 Å². The number of nitrogens with two attached hydrogens (primary N) is 2. The van der Waals surface area contributed by atoms with E-state index in [0.717, 1.165) is 19.5 Å². The number of anilines is 2. The van der Waals surface area contributed by atoms with Crippen molar-refractivity contribution in [3.05, 3.63) is 5.56 Å². The minimum atomic E-state index is -0.561. The van der Waals surface area contributed by atoms with Crippen LogP contribution in [0.4, 0.5) is 10.8 Å². The van der Waals surface area contributed by atoms with Gasteiger partial charge in [-0.1, -0.05) is 0 Å². The largest absolute Gasteiger partial charge is 0.382 e. The fourth-order valence-electron chi connectivity index (χ4n) is 2.18. The number of aromatic nitrogens is 1. The quantitative estimate of drug-likeness (QED) is 0.787. The van der Waals surface area contributed by atoms with E-state index in [1.165, 1.54) is 11.5 Å². The maximum Gasteiger partial charge on any atom is 0.255 e. The van der Waals surface area contributed by atoms with Crippen LogP contribution < -0.4 is 16.4 Å². The second-order valence-electron chi connectivity index (χ2n) is 4.46. The van der Waals surface area contributed by atoms with E-state index in [4.69, 9.17) is 11.5 Å². The molecule has 1 aromatic heterocycles. The molecule has 4 N–H and O–H groups in total. The fraction of sp³-hybridized carbons (Fsp3) is 0.545. The monoisotopic (exact) mass is 283 g/mol. The smallest absolute Gasteiger partial charge is 0.255 e. The summed E-state index contributed by atoms with van der Waals surface area (Å²) in [6.45, 7) is 4.33. The van der Waals surface area contributed by atoms with Gasteiger partial charge in [0.15, 0.2) is 5.82 Å². The van der Waals surface area contributed by atoms with Gasteiger partial charge in [-0.3, -0.25) is 9.59 Å². The summed E-state index contributed by atoms with van der Waals surface area (Å²) in [7, 11) is 0. The summed E-state index contributed by atoms with van der Waals surface area (Å²) in [6.07, 6.45) is 0.843. The van der Waals surface area contributed by atoms with Gasteiger partial charge in [-0.25, -0.2) is 0 Å². The maximum atomic E-state index is 11.4. The van der Waals surface area contributed by atoms with Crippen molar-refractivity contribution in [3.63, 3.8) is 0 Å². The van der Waals surface area contributed by atoms with Gasteiger partial charge >= 0.3 is 0 Å². The lowest BCUT2D eigenvalue weighted by Gasteiger charge is -2.22. The summed E-state index contributed by atoms with van der Waals surface area (Å²) < 4.78 is 3.99. The lowest BCUT2D eigenvalue weighted by molar-refractivity contribution is -0.128. The summed E-state index contributed by atoms with van der Waals surface area (Å²) in [5, 5.41) is 0.704. The Hall–Kier alpha value is -1.83. The molecule has 1 saturated heterocycles. The van der Waals surface area contributed by atoms with Gasteiger partial charge in [0.2, 0.25) is 5.91 Å². The van der Waals surface area contributed by atoms with Crippen LogP contribution in [-0.4, -0.2) is 47.3 Å². The van der Waals surface area contributed by atoms with Crippen molar-refractivity contribution < 1.29 is 9.59 Å². The maximum absolute atomic E-state index is 11.4. The van der Waals surface area contributed by atoms with Crippen LogP contribution in [0.15, 0.2) is 0 Å². The van der Waals surface area contributed by atoms with Crippen LogP contribution in [0.25, 0.3) is 0 Å². The van der Waals surface area contributed by atoms with E-state index in [-0.39, 0.29) is 11.7 Å². The third-order valence-electron chi connectivity index (χ3n) is 3.18. The molecule has 1 aliphatic heterocycles. The highest BCUT2D eigenvalue weighted by Gasteiger charge is 2.24. The number of carbonyl (C=O) groups is 2. The molecular formula is C11H17N5O2S. The van der Waals surface area contributed by atoms with Crippen LogP contribution in [0.3, 0.4) is 0 Å². The van der Waals surface area contributed by atoms with Crippen LogP contribution in [0.5, 0.6) is 0 Å². The average molecular weight is 283 g/mol. The summed E-state index contributed by atoms with van der Waals surface area (Å²) in [5.41, 5.74) is 11.3. The highest BCUT2D eigenvalue weighted by molar-refractivity contribution is 7.11. The zero-order valence-corrected chi connectivity index (χ0v) is 11.6. The Labute approximate surface area is 115 Å². The first-order chi connectivity index (χ1) is 9.00. The molecule has 0 spiro atoms. The number of hydrogen-bond acceptors (Lipinski definition) is 6. The van der Waals surface area contributed by atoms with E-state index < -0.39 is 5.91 Å². The Morgan fingerprint density at radius 3 is 2.63 bits per heavy atom. The molecule has 1 aromatic rings. The normalized spacial score (nSPS) is 16.3. The van der Waals surface area contributed by atoms with Gasteiger partial charge in [-0.2, -0.15) is 4.37 Å². The second kappa shape index (κ2) is 5.43. The molecule has 2 heterocycles. The molecule has 19 heavy (non-hydrogen) atoms. The van der Waals surface area contributed by atoms with Crippen molar-refractivity contribution in [1.82, 2.24) is 9.27 Å². The minimum Gasteiger partial charge on any atom is -0.382 e. The van der Waals surface area contributed by atoms with Gasteiger partial charge < -0.3 is 21.3 Å². The van der Waals surface area contributed by atoms with Crippen molar-refractivity contribution in [1.29, 1.82) is 0 Å². The lowest BCUT2D eigenvalue weighted by Crippen LogP contribution is -2.34. The van der Waals surface area contributed by atoms with Gasteiger partial charge in [-0.05, 0) is 18.0 Å². The van der Waals surface area contributed by atoms with E-state index in [1.807, 2.05) is 4.90 Å². The van der Waals surface area contributed by atoms with Crippen LogP contribution in [0.1, 0.15) is 23.7 Å². The van der Waals surface area contributed by atoms with Crippen molar-refractivity contribution in [2.75, 3.05) is 36.8 Å². The van der Waals surface area contributed by atoms with E-state index in [0.29, 0.717) is 23.7 Å². The first kappa shape index (κ1) is 13.6. The van der Waals surface area contributed by atoms with Crippen LogP contribution in [0.2, 0.25) is 0 Å². The Bertz CT molecular complexity index is 501. The van der Waals surface area contributed by atoms with Crippen molar-refractivity contribution in [3.8, 4) is 0 Å². The number of hydrogen-bond donors (Lipinski definition) is 2. The van der Waals surface area contributed by atoms with E-state index in [1.54, 1.807) is 11.8 Å². The zero-order valence-electron chi connectivity index (χ0n) is 10.8. The molecule has 1 fully saturated rings. The first-order valence-electron chi connectivity index (χ1n) is 6.06. The van der Waals surface area contributed by atoms with Gasteiger partial charge in [-0.15, -0.1) is 0 Å². The summed E-state index contributed by atoms with van der Waals surface area (Å²) in [4.78, 5) is 26.6. The molecule has 0 saturated carbocycles. The number of carbonyl (C=O) groups excluding carboxylic acids is 2. The second-order valence-corrected chi connectivity index (χ2v) is 5.21. The molecule has 0 atom stereocenters. The molecular weight excluding hydrogens is 266 g/mol. The predicted octanol–water partition coefficient (Wildman–Crippen LogP) is -0.117. The SMILES string of the molecule is CC(=O)N1CCCN(c2snc(N)c2C(N)=O)CC1. The Balaban J connectivity index is 2.19. The van der Waals surface area contributed by atoms with E-state index in [2.05, 4.69) is 4.37 Å². The van der Waals surface area contributed by atoms with Gasteiger partial charge in [0.1, 0.15) is 10.6 Å². The Morgan fingerprint density at radius 2 is 2.00 bits per heavy atom. The Kier molecular flexibility index (Phi) is 3.89. The average Bonchev–Trinajstić information content (AvgIpc) is 2.59. The molecule has 1 aliphatic rings. The van der Waals surface area contributed by atoms with Crippen molar-refractivity contribution in [2.24, 2.45) is 5.73 Å². The highest BCUT2D eigenvalue weighted by atomic mass is 32.1. The molecule has 0 aromatic carbocycles. The highest BCUT2D eigenvalue weighted by Crippen LogP contribution is 2.30. The zero-order chi connectivity index (χ0) is 14.0. The number of primary amides is 1. The van der Waals surface area contributed by atoms with Gasteiger partial charge in [0.25, 0.3) is 5.91 Å². The van der Waals surface area contributed by atoms with Crippen molar-refractivity contribution >= 4 is 34.2 Å². The number of amides is 2. The first-order valence-corrected chi connectivity index (χ1v) is 6.83. The minimum absolute atomic E-state index is 0.0702. The number of nitrogens with zero attached hydrogens (tertiary/aromatic N) is 3. The third kappa shape index (κ3) is 2.78. The topological polar surface area (TPSA) is 106 Å². The van der Waals surface area contributed by atoms with Gasteiger partial charge in [0.05, 0.1) is 0 Å². The number of nitrogen functional groups attached to an aromatic ring is 1. The van der Waals surface area contributed by atoms with Crippen molar-refractivity contribution in [2.45, 2.75) is 13.3 Å². The molecule has 0 aliphatic carbocycles. The van der Waals surface area contributed by atoms with Gasteiger partial charge in [0, 0.05) is 33.1 Å². The molecule has 7 nitrogen and oxygen atoms in total. The summed E-state index contributed by atoms with van der Waals surface area (Å²) in [6, 6.07) is 0. The van der Waals surface area contributed by atoms with Crippen LogP contribution in [-0.2, 0) is 4.79 Å². The predicted molar refractivity (Wildman–Crippen MR) is 74.1 cm³/mol. The van der Waals surface area contributed by atoms with Crippen LogP contribution in [0, 0.1) is 0 Å². The molecule has 0 radical (unpaired) electrons. The standard InChI is InChI=1S/C11H17N5O2S/c1-7(17)15-3-2-4-16(6-5-15)11-8(10(13)18)9(12)14-19-11/h2-6H2,1H3,(H2,12,14)(H2,13,18). The molecule has 0 bridgehead atoms. The summed E-state index contributed by atoms with van der Waals surface area (Å²) in [5.74, 6) is -0.310. The summed E-state index contributed by atoms with van der Waals surface area (Å²) >= 11 is 1.18. The Morgan fingerprint density at radius 1 is 1.26 bits per heavy atom. The molecule has 104 valence electrons. The molecule has 0 unspecified atom stereocenters. The third-order valence-corrected chi connectivity index (χ3v) is 4.10. The van der Waals surface area contributed by atoms with E-state index >= 15 is 0 Å². The molecule has 2 rings (SSSR count). The number of rotatable bonds is 2. The molecule has 8 heteroatoms. The fourth-order valence-corrected chi connectivity index (χ4v) is 3.05. The molecule has 2 amide bonds. The van der Waals surface area contributed by atoms with E-state index in [9.17, 15) is 9.59 Å². The lowest BCUT2D eigenvalue weighted by atomic mass is 10.2.